The van der Waals surface area contributed by atoms with E-state index in [4.69, 9.17) is 26.1 Å². The van der Waals surface area contributed by atoms with Crippen molar-refractivity contribution < 1.29 is 49.0 Å². The Morgan fingerprint density at radius 3 is 2.46 bits per heavy atom. The van der Waals surface area contributed by atoms with Crippen molar-refractivity contribution in [2.24, 2.45) is 13.0 Å². The van der Waals surface area contributed by atoms with E-state index in [1.807, 2.05) is 0 Å². The first-order chi connectivity index (χ1) is 29.9. The van der Waals surface area contributed by atoms with Crippen LogP contribution in [0.25, 0.3) is 27.6 Å². The van der Waals surface area contributed by atoms with Crippen molar-refractivity contribution in [3.63, 3.8) is 0 Å². The molecule has 4 heterocycles. The van der Waals surface area contributed by atoms with Gasteiger partial charge in [-0.15, -0.1) is 0 Å². The summed E-state index contributed by atoms with van der Waals surface area (Å²) in [6, 6.07) is 6.61. The minimum absolute atomic E-state index is 0.00764. The normalized spacial score (nSPS) is 17.0. The van der Waals surface area contributed by atoms with Gasteiger partial charge in [-0.25, -0.2) is 31.0 Å². The zero-order valence-electron chi connectivity index (χ0n) is 33.6. The molecule has 0 saturated heterocycles. The fourth-order valence-corrected chi connectivity index (χ4v) is 8.96. The number of halogens is 7. The molecule has 63 heavy (non-hydrogen) atoms. The molecule has 4 aromatic heterocycles. The summed E-state index contributed by atoms with van der Waals surface area (Å²) in [5.41, 5.74) is -2.90. The molecule has 1 saturated carbocycles. The molecule has 0 bridgehead atoms. The molecule has 3 atom stereocenters. The van der Waals surface area contributed by atoms with E-state index < -0.39 is 87.7 Å². The Labute approximate surface area is 359 Å². The molecule has 6 aromatic rings. The van der Waals surface area contributed by atoms with E-state index in [0.29, 0.717) is 23.8 Å². The molecule has 2 N–H and O–H groups in total. The number of alkyl halides is 4. The first-order valence-corrected chi connectivity index (χ1v) is 21.8. The summed E-state index contributed by atoms with van der Waals surface area (Å²) in [5, 5.41) is 10.7. The molecule has 8 rings (SSSR count). The van der Waals surface area contributed by atoms with E-state index in [1.165, 1.54) is 36.0 Å². The number of amides is 1. The maximum Gasteiger partial charge on any atom is 0.293 e. The largest absolute Gasteiger partial charge is 0.478 e. The standard InChI is InChI=1S/C40H38ClF6N9O6S/c1-54-33-27(9-8-25(41)31(33)37(52-54)53-63(3,59)60)56-38(50-36-22(39(56)58)7-10-29(49-36)62-12-6-4-5-11-61-2)26(15-19-13-20(42)16-21(43)14-19)48-28(57)18-55-34-30(32(51-55)35(44)45)23-17-24(23)40(34,46)47/h7-10,13-14,16,23-24,26,35H,4-6,11-12,15,17-18H2,1-3H3,(H,48,57)(H,52,53)/t23-,24+,26-/m0/s1. The highest BCUT2D eigenvalue weighted by atomic mass is 35.5. The third kappa shape index (κ3) is 8.54. The average molecular weight is 922 g/mol. The lowest BCUT2D eigenvalue weighted by molar-refractivity contribution is -0.123. The molecular weight excluding hydrogens is 884 g/mol. The SMILES string of the molecule is COCCCCCOc1ccc2c(=O)n(-c3ccc(Cl)c4c(NS(C)(=O)=O)nn(C)c34)c([C@H](Cc3cc(F)cc(F)c3)NC(=O)Cn3nc(C(F)F)c4c3C(F)(F)[C@@H]3C[C@H]43)nc2n1. The van der Waals surface area contributed by atoms with Gasteiger partial charge in [0.2, 0.25) is 21.8 Å². The number of rotatable bonds is 17. The summed E-state index contributed by atoms with van der Waals surface area (Å²) in [5.74, 6) is -9.08. The topological polar surface area (TPSA) is 177 Å². The lowest BCUT2D eigenvalue weighted by Crippen LogP contribution is -2.38. The minimum Gasteiger partial charge on any atom is -0.478 e. The van der Waals surface area contributed by atoms with Gasteiger partial charge < -0.3 is 14.8 Å². The van der Waals surface area contributed by atoms with Crippen molar-refractivity contribution in [3.8, 4) is 11.6 Å². The van der Waals surface area contributed by atoms with E-state index in [0.717, 1.165) is 35.8 Å². The van der Waals surface area contributed by atoms with Crippen LogP contribution in [0.5, 0.6) is 5.88 Å². The number of nitrogens with zero attached hydrogens (tertiary/aromatic N) is 7. The smallest absolute Gasteiger partial charge is 0.293 e. The quantitative estimate of drug-likeness (QED) is 0.0748. The van der Waals surface area contributed by atoms with Crippen LogP contribution in [-0.2, 0) is 45.5 Å². The summed E-state index contributed by atoms with van der Waals surface area (Å²) in [6.07, 6.45) is -0.600. The zero-order chi connectivity index (χ0) is 45.1. The van der Waals surface area contributed by atoms with E-state index in [2.05, 4.69) is 25.2 Å². The van der Waals surface area contributed by atoms with Gasteiger partial charge in [-0.05, 0) is 67.5 Å². The second-order valence-corrected chi connectivity index (χ2v) is 17.6. The number of hydrogen-bond donors (Lipinski definition) is 2. The number of fused-ring (bicyclic) bond motifs is 5. The van der Waals surface area contributed by atoms with Gasteiger partial charge in [0, 0.05) is 50.8 Å². The first kappa shape index (κ1) is 43.9. The van der Waals surface area contributed by atoms with Gasteiger partial charge >= 0.3 is 0 Å². The van der Waals surface area contributed by atoms with Gasteiger partial charge in [0.25, 0.3) is 17.9 Å². The van der Waals surface area contributed by atoms with Crippen LogP contribution in [0.15, 0.2) is 47.3 Å². The van der Waals surface area contributed by atoms with Gasteiger partial charge in [-0.3, -0.25) is 28.2 Å². The maximum atomic E-state index is 15.5. The third-order valence-corrected chi connectivity index (χ3v) is 11.8. The summed E-state index contributed by atoms with van der Waals surface area (Å²) in [6.45, 7) is -0.187. The number of carbonyl (C=O) groups is 1. The summed E-state index contributed by atoms with van der Waals surface area (Å²) >= 11 is 6.61. The van der Waals surface area contributed by atoms with Crippen molar-refractivity contribution >= 4 is 55.3 Å². The molecule has 2 aliphatic carbocycles. The highest BCUT2D eigenvalue weighted by Crippen LogP contribution is 2.68. The monoisotopic (exact) mass is 921 g/mol. The Balaban J connectivity index is 1.29. The van der Waals surface area contributed by atoms with E-state index in [1.54, 1.807) is 7.11 Å². The van der Waals surface area contributed by atoms with E-state index in [9.17, 15) is 35.6 Å². The van der Waals surface area contributed by atoms with Crippen molar-refractivity contribution in [1.82, 2.24) is 39.4 Å². The Kier molecular flexibility index (Phi) is 11.7. The number of unbranched alkanes of at least 4 members (excludes halogenated alkanes) is 2. The molecule has 0 radical (unpaired) electrons. The molecule has 1 fully saturated rings. The fourth-order valence-electron chi connectivity index (χ4n) is 8.23. The first-order valence-electron chi connectivity index (χ1n) is 19.6. The number of hydrogen-bond acceptors (Lipinski definition) is 10. The second-order valence-electron chi connectivity index (χ2n) is 15.4. The number of pyridine rings is 1. The minimum atomic E-state index is -3.92. The van der Waals surface area contributed by atoms with Crippen LogP contribution in [0.3, 0.4) is 0 Å². The number of benzene rings is 2. The molecule has 0 unspecified atom stereocenters. The number of methoxy groups -OCH3 is 1. The van der Waals surface area contributed by atoms with Crippen LogP contribution < -0.4 is 20.3 Å². The number of carbonyl (C=O) groups excluding carboxylic acids is 1. The van der Waals surface area contributed by atoms with Gasteiger partial charge in [0.05, 0.1) is 45.9 Å². The molecule has 1 amide bonds. The Morgan fingerprint density at radius 2 is 1.76 bits per heavy atom. The molecule has 0 spiro atoms. The molecular formula is C40H38ClF6N9O6S. The molecule has 15 nitrogen and oxygen atoms in total. The number of ether oxygens (including phenoxy) is 2. The van der Waals surface area contributed by atoms with Gasteiger partial charge in [-0.1, -0.05) is 11.6 Å². The Hall–Kier alpha value is -5.74. The second kappa shape index (κ2) is 16.8. The van der Waals surface area contributed by atoms with Crippen LogP contribution in [0.2, 0.25) is 5.02 Å². The highest BCUT2D eigenvalue weighted by molar-refractivity contribution is 7.92. The van der Waals surface area contributed by atoms with Crippen LogP contribution >= 0.6 is 11.6 Å². The molecule has 0 aliphatic heterocycles. The zero-order valence-corrected chi connectivity index (χ0v) is 35.2. The molecule has 2 aromatic carbocycles. The molecule has 334 valence electrons. The van der Waals surface area contributed by atoms with Crippen molar-refractivity contribution in [2.75, 3.05) is 31.3 Å². The Morgan fingerprint density at radius 1 is 1.03 bits per heavy atom. The highest BCUT2D eigenvalue weighted by Gasteiger charge is 2.67. The molecule has 23 heteroatoms. The number of aryl methyl sites for hydroxylation is 1. The van der Waals surface area contributed by atoms with Gasteiger partial charge in [0.1, 0.15) is 35.4 Å². The van der Waals surface area contributed by atoms with Gasteiger partial charge in [-0.2, -0.15) is 24.0 Å². The van der Waals surface area contributed by atoms with E-state index in [-0.39, 0.29) is 74.3 Å². The number of sulfonamides is 1. The molecule has 2 aliphatic rings. The van der Waals surface area contributed by atoms with Crippen LogP contribution in [0.1, 0.15) is 72.4 Å². The lowest BCUT2D eigenvalue weighted by Gasteiger charge is -2.24. The predicted molar refractivity (Wildman–Crippen MR) is 217 cm³/mol. The van der Waals surface area contributed by atoms with Crippen LogP contribution in [0.4, 0.5) is 32.2 Å². The number of nitrogens with one attached hydrogen (secondary N) is 2. The summed E-state index contributed by atoms with van der Waals surface area (Å²) in [4.78, 5) is 38.2. The van der Waals surface area contributed by atoms with E-state index >= 15 is 8.78 Å². The number of aromatic nitrogens is 7. The Bertz CT molecular complexity index is 2940. The van der Waals surface area contributed by atoms with Gasteiger partial charge in [0.15, 0.2) is 11.5 Å². The number of anilines is 1. The van der Waals surface area contributed by atoms with Crippen molar-refractivity contribution in [1.29, 1.82) is 0 Å². The van der Waals surface area contributed by atoms with Crippen molar-refractivity contribution in [3.05, 3.63) is 97.8 Å². The van der Waals surface area contributed by atoms with Crippen LogP contribution in [0, 0.1) is 17.6 Å². The third-order valence-electron chi connectivity index (χ3n) is 10.9. The maximum absolute atomic E-state index is 15.5. The predicted octanol–water partition coefficient (Wildman–Crippen LogP) is 6.61. The average Bonchev–Trinajstić information content (AvgIpc) is 3.74. The summed E-state index contributed by atoms with van der Waals surface area (Å²) < 4.78 is 130. The summed E-state index contributed by atoms with van der Waals surface area (Å²) in [7, 11) is -0.879. The van der Waals surface area contributed by atoms with Crippen LogP contribution in [-0.4, -0.2) is 75.0 Å². The lowest BCUT2D eigenvalue weighted by atomic mass is 10.0. The fraction of sp³-hybridized carbons (Fsp3) is 0.400. The van der Waals surface area contributed by atoms with Crippen molar-refractivity contribution in [2.45, 2.75) is 63.0 Å².